The molecule has 0 aliphatic rings. The van der Waals surface area contributed by atoms with Gasteiger partial charge < -0.3 is 10.2 Å². The zero-order valence-corrected chi connectivity index (χ0v) is 11.4. The van der Waals surface area contributed by atoms with Crippen molar-refractivity contribution in [2.24, 2.45) is 0 Å². The largest absolute Gasteiger partial charge is 0.431 e. The van der Waals surface area contributed by atoms with E-state index in [1.807, 2.05) is 24.3 Å². The van der Waals surface area contributed by atoms with Crippen LogP contribution in [0.1, 0.15) is 11.1 Å². The first-order valence-electron chi connectivity index (χ1n) is 6.02. The van der Waals surface area contributed by atoms with E-state index in [2.05, 4.69) is 11.1 Å². The minimum Gasteiger partial charge on any atom is -0.431 e. The van der Waals surface area contributed by atoms with Crippen molar-refractivity contribution in [1.29, 1.82) is 5.26 Å². The summed E-state index contributed by atoms with van der Waals surface area (Å²) in [5, 5.41) is 9.47. The van der Waals surface area contributed by atoms with Crippen molar-refractivity contribution >= 4 is 28.5 Å². The van der Waals surface area contributed by atoms with Gasteiger partial charge in [0.2, 0.25) is 0 Å². The molecule has 5 heteroatoms. The van der Waals surface area contributed by atoms with Gasteiger partial charge in [-0.3, -0.25) is 0 Å². The Morgan fingerprint density at radius 3 is 3.00 bits per heavy atom. The van der Waals surface area contributed by atoms with Crippen molar-refractivity contribution in [3.63, 3.8) is 0 Å². The number of thioether (sulfide) groups is 1. The standard InChI is InChI=1S/C15H11N3OS/c16-8-10-2-1-3-11(6-10)9-20-15-18-13-5-4-12(17)7-14(13)19-15/h1-7H,9,17H2. The Kier molecular flexibility index (Phi) is 3.32. The van der Waals surface area contributed by atoms with Crippen LogP contribution in [-0.2, 0) is 5.75 Å². The number of benzene rings is 2. The first-order chi connectivity index (χ1) is 9.74. The Morgan fingerprint density at radius 2 is 2.15 bits per heavy atom. The predicted molar refractivity (Wildman–Crippen MR) is 79.1 cm³/mol. The lowest BCUT2D eigenvalue weighted by atomic mass is 10.2. The lowest BCUT2D eigenvalue weighted by Gasteiger charge is -1.98. The van der Waals surface area contributed by atoms with Crippen LogP contribution in [0, 0.1) is 11.3 Å². The van der Waals surface area contributed by atoms with Gasteiger partial charge in [-0.05, 0) is 29.8 Å². The number of hydrogen-bond donors (Lipinski definition) is 1. The van der Waals surface area contributed by atoms with Gasteiger partial charge in [0, 0.05) is 17.5 Å². The molecule has 1 aromatic heterocycles. The Labute approximate surface area is 120 Å². The van der Waals surface area contributed by atoms with E-state index < -0.39 is 0 Å². The number of fused-ring (bicyclic) bond motifs is 1. The van der Waals surface area contributed by atoms with E-state index in [4.69, 9.17) is 15.4 Å². The molecular weight excluding hydrogens is 270 g/mol. The van der Waals surface area contributed by atoms with E-state index in [-0.39, 0.29) is 0 Å². The summed E-state index contributed by atoms with van der Waals surface area (Å²) in [4.78, 5) is 4.39. The van der Waals surface area contributed by atoms with Gasteiger partial charge in [0.25, 0.3) is 5.22 Å². The van der Waals surface area contributed by atoms with E-state index in [9.17, 15) is 0 Å². The topological polar surface area (TPSA) is 75.8 Å². The molecule has 1 heterocycles. The molecule has 3 rings (SSSR count). The highest BCUT2D eigenvalue weighted by Crippen LogP contribution is 2.27. The number of nitrogens with zero attached hydrogens (tertiary/aromatic N) is 2. The molecule has 0 amide bonds. The fourth-order valence-electron chi connectivity index (χ4n) is 1.86. The molecule has 0 spiro atoms. The van der Waals surface area contributed by atoms with Crippen molar-refractivity contribution in [3.8, 4) is 6.07 Å². The van der Waals surface area contributed by atoms with Crippen LogP contribution in [0.15, 0.2) is 52.1 Å². The summed E-state index contributed by atoms with van der Waals surface area (Å²) in [6, 6.07) is 15.1. The molecule has 2 aromatic carbocycles. The highest BCUT2D eigenvalue weighted by Gasteiger charge is 2.07. The van der Waals surface area contributed by atoms with Crippen LogP contribution in [0.3, 0.4) is 0 Å². The number of nitriles is 1. The molecule has 98 valence electrons. The first kappa shape index (κ1) is 12.6. The van der Waals surface area contributed by atoms with E-state index >= 15 is 0 Å². The van der Waals surface area contributed by atoms with Crippen molar-refractivity contribution in [1.82, 2.24) is 4.98 Å². The molecule has 2 N–H and O–H groups in total. The van der Waals surface area contributed by atoms with Gasteiger partial charge in [0.1, 0.15) is 5.52 Å². The minimum absolute atomic E-state index is 0.605. The second-order valence-corrected chi connectivity index (χ2v) is 5.23. The van der Waals surface area contributed by atoms with Crippen LogP contribution in [0.5, 0.6) is 0 Å². The predicted octanol–water partition coefficient (Wildman–Crippen LogP) is 3.57. The molecular formula is C15H11N3OS. The smallest absolute Gasteiger partial charge is 0.257 e. The van der Waals surface area contributed by atoms with Gasteiger partial charge >= 0.3 is 0 Å². The Morgan fingerprint density at radius 1 is 1.25 bits per heavy atom. The Hall–Kier alpha value is -2.45. The number of anilines is 1. The molecule has 20 heavy (non-hydrogen) atoms. The van der Waals surface area contributed by atoms with Gasteiger partial charge in [0.15, 0.2) is 5.58 Å². The zero-order valence-electron chi connectivity index (χ0n) is 10.5. The van der Waals surface area contributed by atoms with Crippen LogP contribution in [0.4, 0.5) is 5.69 Å². The SMILES string of the molecule is N#Cc1cccc(CSc2nc3ccc(N)cc3o2)c1. The molecule has 3 aromatic rings. The van der Waals surface area contributed by atoms with E-state index in [1.165, 1.54) is 11.8 Å². The molecule has 0 aliphatic carbocycles. The number of nitrogen functional groups attached to an aromatic ring is 1. The molecule has 0 unspecified atom stereocenters. The first-order valence-corrected chi connectivity index (χ1v) is 7.01. The quantitative estimate of drug-likeness (QED) is 0.586. The average Bonchev–Trinajstić information content (AvgIpc) is 2.87. The molecule has 0 atom stereocenters. The van der Waals surface area contributed by atoms with Crippen LogP contribution in [0.25, 0.3) is 11.1 Å². The van der Waals surface area contributed by atoms with Crippen LogP contribution >= 0.6 is 11.8 Å². The maximum Gasteiger partial charge on any atom is 0.257 e. The summed E-state index contributed by atoms with van der Waals surface area (Å²) in [5.74, 6) is 0.706. The molecule has 0 fully saturated rings. The minimum atomic E-state index is 0.605. The van der Waals surface area contributed by atoms with E-state index in [0.717, 1.165) is 11.1 Å². The third-order valence-electron chi connectivity index (χ3n) is 2.81. The summed E-state index contributed by atoms with van der Waals surface area (Å²) in [5.41, 5.74) is 9.58. The summed E-state index contributed by atoms with van der Waals surface area (Å²) >= 11 is 1.50. The lowest BCUT2D eigenvalue weighted by molar-refractivity contribution is 0.489. The van der Waals surface area contributed by atoms with Gasteiger partial charge in [-0.1, -0.05) is 23.9 Å². The van der Waals surface area contributed by atoms with Gasteiger partial charge in [-0.2, -0.15) is 5.26 Å². The van der Waals surface area contributed by atoms with Crippen molar-refractivity contribution in [3.05, 3.63) is 53.6 Å². The molecule has 0 saturated heterocycles. The summed E-state index contributed by atoms with van der Waals surface area (Å²) in [7, 11) is 0. The molecule has 0 saturated carbocycles. The van der Waals surface area contributed by atoms with Crippen LogP contribution < -0.4 is 5.73 Å². The summed E-state index contributed by atoms with van der Waals surface area (Å²) < 4.78 is 5.63. The monoisotopic (exact) mass is 281 g/mol. The Bertz CT molecular complexity index is 804. The number of nitrogens with two attached hydrogens (primary N) is 1. The number of hydrogen-bond acceptors (Lipinski definition) is 5. The van der Waals surface area contributed by atoms with Crippen LogP contribution in [0.2, 0.25) is 0 Å². The normalized spacial score (nSPS) is 10.6. The maximum absolute atomic E-state index is 8.87. The van der Waals surface area contributed by atoms with Gasteiger partial charge in [-0.15, -0.1) is 0 Å². The second kappa shape index (κ2) is 5.27. The Balaban J connectivity index is 1.78. The highest BCUT2D eigenvalue weighted by atomic mass is 32.2. The molecule has 4 nitrogen and oxygen atoms in total. The van der Waals surface area contributed by atoms with Crippen molar-refractivity contribution < 1.29 is 4.42 Å². The third-order valence-corrected chi connectivity index (χ3v) is 3.71. The van der Waals surface area contributed by atoms with Crippen molar-refractivity contribution in [2.75, 3.05) is 5.73 Å². The molecule has 0 bridgehead atoms. The van der Waals surface area contributed by atoms with Crippen LogP contribution in [-0.4, -0.2) is 4.98 Å². The average molecular weight is 281 g/mol. The van der Waals surface area contributed by atoms with E-state index in [0.29, 0.717) is 27.8 Å². The molecule has 0 aliphatic heterocycles. The highest BCUT2D eigenvalue weighted by molar-refractivity contribution is 7.98. The lowest BCUT2D eigenvalue weighted by Crippen LogP contribution is -1.82. The van der Waals surface area contributed by atoms with Crippen molar-refractivity contribution in [2.45, 2.75) is 11.0 Å². The summed E-state index contributed by atoms with van der Waals surface area (Å²) in [6.07, 6.45) is 0. The second-order valence-electron chi connectivity index (χ2n) is 4.31. The fraction of sp³-hybridized carbons (Fsp3) is 0.0667. The number of aromatic nitrogens is 1. The third kappa shape index (κ3) is 2.60. The zero-order chi connectivity index (χ0) is 13.9. The number of rotatable bonds is 3. The van der Waals surface area contributed by atoms with Gasteiger partial charge in [0.05, 0.1) is 11.6 Å². The molecule has 0 radical (unpaired) electrons. The summed E-state index contributed by atoms with van der Waals surface area (Å²) in [6.45, 7) is 0. The van der Waals surface area contributed by atoms with Gasteiger partial charge in [-0.25, -0.2) is 4.98 Å². The number of oxazole rings is 1. The van der Waals surface area contributed by atoms with E-state index in [1.54, 1.807) is 18.2 Å². The maximum atomic E-state index is 8.87. The fourth-order valence-corrected chi connectivity index (χ4v) is 2.64.